The smallest absolute Gasteiger partial charge is 0.467 e. The molecule has 0 radical (unpaired) electrons. The van der Waals surface area contributed by atoms with Gasteiger partial charge in [-0.2, -0.15) is 13.2 Å². The molecule has 1 aliphatic carbocycles. The molecule has 1 aromatic heterocycles. The highest BCUT2D eigenvalue weighted by atomic mass is 19.4. The fourth-order valence-corrected chi connectivity index (χ4v) is 4.06. The van der Waals surface area contributed by atoms with Gasteiger partial charge < -0.3 is 9.73 Å². The van der Waals surface area contributed by atoms with Crippen LogP contribution in [0.4, 0.5) is 24.5 Å². The summed E-state index contributed by atoms with van der Waals surface area (Å²) in [6.45, 7) is 3.85. The zero-order valence-corrected chi connectivity index (χ0v) is 15.8. The SMILES string of the molecule is CC1(C)CC(=O)C2=C(C1)Nc1ccccc1N(C(=O)C(F)(F)F)C2c1ccco1. The first kappa shape index (κ1) is 19.3. The summed E-state index contributed by atoms with van der Waals surface area (Å²) in [4.78, 5) is 26.3. The average Bonchev–Trinajstić information content (AvgIpc) is 3.09. The molecule has 152 valence electrons. The Balaban J connectivity index is 2.02. The molecule has 2 aliphatic rings. The summed E-state index contributed by atoms with van der Waals surface area (Å²) in [5.74, 6) is -2.26. The summed E-state index contributed by atoms with van der Waals surface area (Å²) in [6, 6.07) is 7.91. The van der Waals surface area contributed by atoms with Crippen LogP contribution in [0.2, 0.25) is 0 Å². The normalized spacial score (nSPS) is 21.2. The lowest BCUT2D eigenvalue weighted by Crippen LogP contribution is -2.45. The summed E-state index contributed by atoms with van der Waals surface area (Å²) in [5.41, 5.74) is 0.647. The van der Waals surface area contributed by atoms with Crippen molar-refractivity contribution in [3.8, 4) is 0 Å². The lowest BCUT2D eigenvalue weighted by Gasteiger charge is -2.36. The van der Waals surface area contributed by atoms with Gasteiger partial charge in [0.1, 0.15) is 11.8 Å². The van der Waals surface area contributed by atoms with Crippen LogP contribution in [0.15, 0.2) is 58.3 Å². The summed E-state index contributed by atoms with van der Waals surface area (Å²) < 4.78 is 46.1. The van der Waals surface area contributed by atoms with E-state index in [9.17, 15) is 22.8 Å². The summed E-state index contributed by atoms with van der Waals surface area (Å²) >= 11 is 0. The Hall–Kier alpha value is -3.03. The third kappa shape index (κ3) is 3.32. The van der Waals surface area contributed by atoms with Crippen LogP contribution in [0.3, 0.4) is 0 Å². The van der Waals surface area contributed by atoms with Crippen molar-refractivity contribution in [2.24, 2.45) is 5.41 Å². The van der Waals surface area contributed by atoms with E-state index in [4.69, 9.17) is 4.42 Å². The number of fused-ring (bicyclic) bond motifs is 1. The maximum absolute atomic E-state index is 13.6. The third-order valence-corrected chi connectivity index (χ3v) is 5.17. The predicted octanol–water partition coefficient (Wildman–Crippen LogP) is 4.98. The van der Waals surface area contributed by atoms with Gasteiger partial charge in [-0.15, -0.1) is 0 Å². The van der Waals surface area contributed by atoms with E-state index in [1.807, 2.05) is 13.8 Å². The number of nitrogens with one attached hydrogen (secondary N) is 1. The number of Topliss-reactive ketones (excluding diaryl/α,β-unsaturated/α-hetero) is 1. The van der Waals surface area contributed by atoms with Gasteiger partial charge in [0.15, 0.2) is 5.78 Å². The molecule has 0 saturated heterocycles. The molecule has 0 fully saturated rings. The van der Waals surface area contributed by atoms with Crippen LogP contribution in [0.1, 0.15) is 38.5 Å². The largest absolute Gasteiger partial charge is 0.471 e. The van der Waals surface area contributed by atoms with E-state index in [1.54, 1.807) is 18.2 Å². The minimum absolute atomic E-state index is 0.0382. The molecule has 2 heterocycles. The molecule has 1 aromatic carbocycles. The van der Waals surface area contributed by atoms with Crippen LogP contribution in [-0.4, -0.2) is 17.9 Å². The van der Waals surface area contributed by atoms with Gasteiger partial charge in [0, 0.05) is 17.7 Å². The number of carbonyl (C=O) groups excluding carboxylic acids is 2. The van der Waals surface area contributed by atoms with E-state index >= 15 is 0 Å². The van der Waals surface area contributed by atoms with Crippen molar-refractivity contribution in [2.75, 3.05) is 10.2 Å². The number of alkyl halides is 3. The van der Waals surface area contributed by atoms with Crippen LogP contribution in [0.5, 0.6) is 0 Å². The Kier molecular flexibility index (Phi) is 4.33. The molecular weight excluding hydrogens is 385 g/mol. The second-order valence-corrected chi connectivity index (χ2v) is 8.07. The van der Waals surface area contributed by atoms with E-state index in [2.05, 4.69) is 5.32 Å². The number of hydrogen-bond acceptors (Lipinski definition) is 4. The molecule has 29 heavy (non-hydrogen) atoms. The van der Waals surface area contributed by atoms with Crippen molar-refractivity contribution in [3.63, 3.8) is 0 Å². The van der Waals surface area contributed by atoms with Gasteiger partial charge in [-0.05, 0) is 36.1 Å². The third-order valence-electron chi connectivity index (χ3n) is 5.17. The number of amides is 1. The van der Waals surface area contributed by atoms with Gasteiger partial charge in [-0.1, -0.05) is 26.0 Å². The Morgan fingerprint density at radius 3 is 2.55 bits per heavy atom. The quantitative estimate of drug-likeness (QED) is 0.728. The number of ketones is 1. The van der Waals surface area contributed by atoms with E-state index in [-0.39, 0.29) is 34.6 Å². The lowest BCUT2D eigenvalue weighted by molar-refractivity contribution is -0.171. The first-order chi connectivity index (χ1) is 13.6. The number of anilines is 2. The van der Waals surface area contributed by atoms with Crippen LogP contribution >= 0.6 is 0 Å². The molecule has 2 aromatic rings. The second kappa shape index (κ2) is 6.50. The minimum atomic E-state index is -5.12. The zero-order chi connectivity index (χ0) is 21.0. The number of rotatable bonds is 1. The van der Waals surface area contributed by atoms with Crippen molar-refractivity contribution in [1.29, 1.82) is 0 Å². The summed E-state index contributed by atoms with van der Waals surface area (Å²) in [7, 11) is 0. The Bertz CT molecular complexity index is 1010. The lowest BCUT2D eigenvalue weighted by atomic mass is 9.74. The zero-order valence-electron chi connectivity index (χ0n) is 15.8. The number of benzene rings is 1. The van der Waals surface area contributed by atoms with Crippen LogP contribution in [-0.2, 0) is 9.59 Å². The molecule has 5 nitrogen and oxygen atoms in total. The standard InChI is InChI=1S/C21H19F3N2O3/c1-20(2)10-13-17(15(27)11-20)18(16-8-5-9-29-16)26(19(28)21(22,23)24)14-7-4-3-6-12(14)25-13/h3-9,18,25H,10-11H2,1-2H3. The van der Waals surface area contributed by atoms with Gasteiger partial charge in [0.2, 0.25) is 0 Å². The topological polar surface area (TPSA) is 62.6 Å². The first-order valence-electron chi connectivity index (χ1n) is 9.14. The molecule has 0 bridgehead atoms. The average molecular weight is 404 g/mol. The van der Waals surface area contributed by atoms with Gasteiger partial charge in [0.05, 0.1) is 17.6 Å². The van der Waals surface area contributed by atoms with Gasteiger partial charge in [0.25, 0.3) is 0 Å². The first-order valence-corrected chi connectivity index (χ1v) is 9.14. The van der Waals surface area contributed by atoms with E-state index in [1.165, 1.54) is 24.5 Å². The number of halogens is 3. The number of para-hydroxylation sites is 2. The molecule has 8 heteroatoms. The molecule has 4 rings (SSSR count). The Morgan fingerprint density at radius 2 is 1.90 bits per heavy atom. The highest BCUT2D eigenvalue weighted by Crippen LogP contribution is 2.49. The number of allylic oxidation sites excluding steroid dienone is 1. The second-order valence-electron chi connectivity index (χ2n) is 8.07. The van der Waals surface area contributed by atoms with E-state index in [0.717, 1.165) is 0 Å². The molecular formula is C21H19F3N2O3. The van der Waals surface area contributed by atoms with Crippen molar-refractivity contribution in [3.05, 3.63) is 59.7 Å². The van der Waals surface area contributed by atoms with Crippen molar-refractivity contribution in [1.82, 2.24) is 0 Å². The van der Waals surface area contributed by atoms with Crippen molar-refractivity contribution >= 4 is 23.1 Å². The fourth-order valence-electron chi connectivity index (χ4n) is 4.06. The molecule has 1 amide bonds. The number of hydrogen-bond donors (Lipinski definition) is 1. The van der Waals surface area contributed by atoms with Gasteiger partial charge >= 0.3 is 12.1 Å². The van der Waals surface area contributed by atoms with Gasteiger partial charge in [-0.3, -0.25) is 14.5 Å². The monoisotopic (exact) mass is 404 g/mol. The molecule has 1 aliphatic heterocycles. The highest BCUT2D eigenvalue weighted by Gasteiger charge is 2.51. The molecule has 1 unspecified atom stereocenters. The van der Waals surface area contributed by atoms with Crippen molar-refractivity contribution < 1.29 is 27.2 Å². The number of nitrogens with zero attached hydrogens (tertiary/aromatic N) is 1. The molecule has 0 spiro atoms. The maximum Gasteiger partial charge on any atom is 0.471 e. The van der Waals surface area contributed by atoms with Crippen LogP contribution < -0.4 is 10.2 Å². The predicted molar refractivity (Wildman–Crippen MR) is 100 cm³/mol. The fraction of sp³-hybridized carbons (Fsp3) is 0.333. The molecule has 1 N–H and O–H groups in total. The van der Waals surface area contributed by atoms with Crippen LogP contribution in [0, 0.1) is 5.41 Å². The summed E-state index contributed by atoms with van der Waals surface area (Å²) in [6.07, 6.45) is -3.20. The maximum atomic E-state index is 13.6. The minimum Gasteiger partial charge on any atom is -0.467 e. The Morgan fingerprint density at radius 1 is 1.17 bits per heavy atom. The van der Waals surface area contributed by atoms with Gasteiger partial charge in [-0.25, -0.2) is 0 Å². The number of carbonyl (C=O) groups is 2. The van der Waals surface area contributed by atoms with Crippen LogP contribution in [0.25, 0.3) is 0 Å². The Labute approximate surface area is 165 Å². The molecule has 1 atom stereocenters. The van der Waals surface area contributed by atoms with E-state index in [0.29, 0.717) is 22.7 Å². The van der Waals surface area contributed by atoms with E-state index < -0.39 is 18.1 Å². The summed E-state index contributed by atoms with van der Waals surface area (Å²) in [5, 5.41) is 3.13. The van der Waals surface area contributed by atoms with Crippen molar-refractivity contribution in [2.45, 2.75) is 38.9 Å². The highest BCUT2D eigenvalue weighted by molar-refractivity contribution is 6.07. The number of furan rings is 1. The molecule has 0 saturated carbocycles.